The van der Waals surface area contributed by atoms with Gasteiger partial charge in [0.25, 0.3) is 0 Å². The molecule has 0 spiro atoms. The minimum atomic E-state index is 0.333. The maximum absolute atomic E-state index is 5.58. The quantitative estimate of drug-likeness (QED) is 0.690. The van der Waals surface area contributed by atoms with Crippen molar-refractivity contribution in [1.82, 2.24) is 15.5 Å². The molecule has 2 heterocycles. The van der Waals surface area contributed by atoms with Crippen LogP contribution in [0.15, 0.2) is 4.42 Å². The van der Waals surface area contributed by atoms with E-state index < -0.39 is 0 Å². The van der Waals surface area contributed by atoms with Gasteiger partial charge < -0.3 is 24.1 Å². The largest absolute Gasteiger partial charge is 0.407 e. The van der Waals surface area contributed by atoms with Gasteiger partial charge in [-0.2, -0.15) is 0 Å². The van der Waals surface area contributed by atoms with Gasteiger partial charge in [0.15, 0.2) is 0 Å². The van der Waals surface area contributed by atoms with Crippen LogP contribution in [-0.4, -0.2) is 56.8 Å². The van der Waals surface area contributed by atoms with Gasteiger partial charge in [0.05, 0.1) is 25.8 Å². The maximum Gasteiger partial charge on any atom is 0.318 e. The summed E-state index contributed by atoms with van der Waals surface area (Å²) in [5.74, 6) is 0.590. The van der Waals surface area contributed by atoms with Crippen molar-refractivity contribution >= 4 is 6.01 Å². The molecule has 0 saturated carbocycles. The Bertz CT molecular complexity index is 352. The van der Waals surface area contributed by atoms with Crippen LogP contribution in [0.4, 0.5) is 6.01 Å². The number of nitrogens with zero attached hydrogens (tertiary/aromatic N) is 3. The van der Waals surface area contributed by atoms with Crippen LogP contribution in [0.5, 0.6) is 0 Å². The van der Waals surface area contributed by atoms with Gasteiger partial charge >= 0.3 is 6.01 Å². The summed E-state index contributed by atoms with van der Waals surface area (Å²) >= 11 is 0. The molecule has 1 aliphatic heterocycles. The molecule has 0 radical (unpaired) electrons. The van der Waals surface area contributed by atoms with E-state index in [0.29, 0.717) is 31.1 Å². The van der Waals surface area contributed by atoms with Crippen molar-refractivity contribution in [2.24, 2.45) is 0 Å². The number of rotatable bonds is 7. The second kappa shape index (κ2) is 6.67. The summed E-state index contributed by atoms with van der Waals surface area (Å²) in [6.45, 7) is 3.51. The Balaban J connectivity index is 1.81. The molecule has 2 rings (SSSR count). The molecule has 0 aromatic carbocycles. The van der Waals surface area contributed by atoms with Gasteiger partial charge in [-0.15, -0.1) is 5.10 Å². The lowest BCUT2D eigenvalue weighted by Crippen LogP contribution is -2.31. The molecule has 0 amide bonds. The molecular formula is C11H20N4O3. The monoisotopic (exact) mass is 256 g/mol. The van der Waals surface area contributed by atoms with Gasteiger partial charge in [-0.25, -0.2) is 0 Å². The Labute approximate surface area is 106 Å². The molecule has 7 nitrogen and oxygen atoms in total. The third kappa shape index (κ3) is 3.41. The second-order valence-electron chi connectivity index (χ2n) is 4.28. The zero-order valence-electron chi connectivity index (χ0n) is 10.9. The van der Waals surface area contributed by atoms with E-state index in [0.717, 1.165) is 26.2 Å². The first kappa shape index (κ1) is 13.3. The minimum absolute atomic E-state index is 0.333. The van der Waals surface area contributed by atoms with E-state index in [9.17, 15) is 0 Å². The van der Waals surface area contributed by atoms with Gasteiger partial charge in [-0.05, 0) is 6.42 Å². The molecule has 102 valence electrons. The first-order chi connectivity index (χ1) is 8.81. The van der Waals surface area contributed by atoms with Crippen LogP contribution in [-0.2, 0) is 16.0 Å². The van der Waals surface area contributed by atoms with E-state index in [-0.39, 0.29) is 0 Å². The number of aromatic nitrogens is 2. The third-order valence-electron chi connectivity index (χ3n) is 2.97. The molecule has 1 unspecified atom stereocenters. The average Bonchev–Trinajstić information content (AvgIpc) is 3.05. The Morgan fingerprint density at radius 3 is 3.11 bits per heavy atom. The molecule has 18 heavy (non-hydrogen) atoms. The number of hydrogen-bond acceptors (Lipinski definition) is 7. The number of likely N-dealkylation sites (N-methyl/N-ethyl adjacent to an activating group) is 1. The van der Waals surface area contributed by atoms with E-state index in [1.807, 2.05) is 11.9 Å². The summed E-state index contributed by atoms with van der Waals surface area (Å²) < 4.78 is 15.9. The van der Waals surface area contributed by atoms with E-state index in [1.165, 1.54) is 0 Å². The number of nitrogens with one attached hydrogen (secondary N) is 1. The highest BCUT2D eigenvalue weighted by Crippen LogP contribution is 2.18. The van der Waals surface area contributed by atoms with E-state index in [2.05, 4.69) is 15.5 Å². The standard InChI is InChI=1S/C11H20N4O3/c1-15(9-3-5-17-8-9)11-14-13-10(18-11)7-12-4-6-16-2/h9,12H,3-8H2,1-2H3. The Morgan fingerprint density at radius 1 is 1.50 bits per heavy atom. The predicted molar refractivity (Wildman–Crippen MR) is 65.5 cm³/mol. The van der Waals surface area contributed by atoms with Crippen molar-refractivity contribution in [2.75, 3.05) is 45.4 Å². The van der Waals surface area contributed by atoms with E-state index in [1.54, 1.807) is 7.11 Å². The van der Waals surface area contributed by atoms with Crippen LogP contribution >= 0.6 is 0 Å². The van der Waals surface area contributed by atoms with Crippen LogP contribution in [0, 0.1) is 0 Å². The number of hydrogen-bond donors (Lipinski definition) is 1. The highest BCUT2D eigenvalue weighted by Gasteiger charge is 2.24. The van der Waals surface area contributed by atoms with Crippen molar-refractivity contribution in [3.8, 4) is 0 Å². The van der Waals surface area contributed by atoms with Gasteiger partial charge in [0, 0.05) is 27.3 Å². The SMILES string of the molecule is COCCNCc1nnc(N(C)C2CCOC2)o1. The highest BCUT2D eigenvalue weighted by molar-refractivity contribution is 5.25. The minimum Gasteiger partial charge on any atom is -0.407 e. The molecule has 1 N–H and O–H groups in total. The Hall–Kier alpha value is -1.18. The highest BCUT2D eigenvalue weighted by atomic mass is 16.5. The van der Waals surface area contributed by atoms with Crippen LogP contribution in [0.2, 0.25) is 0 Å². The molecule has 1 aliphatic rings. The van der Waals surface area contributed by atoms with Gasteiger partial charge in [-0.3, -0.25) is 0 Å². The topological polar surface area (TPSA) is 72.7 Å². The lowest BCUT2D eigenvalue weighted by atomic mass is 10.2. The van der Waals surface area contributed by atoms with Crippen molar-refractivity contribution in [3.05, 3.63) is 5.89 Å². The first-order valence-corrected chi connectivity index (χ1v) is 6.14. The molecule has 1 saturated heterocycles. The fraction of sp³-hybridized carbons (Fsp3) is 0.818. The summed E-state index contributed by atoms with van der Waals surface area (Å²) in [5, 5.41) is 11.2. The fourth-order valence-corrected chi connectivity index (χ4v) is 1.81. The summed E-state index contributed by atoms with van der Waals surface area (Å²) in [7, 11) is 3.63. The van der Waals surface area contributed by atoms with E-state index in [4.69, 9.17) is 13.9 Å². The van der Waals surface area contributed by atoms with E-state index >= 15 is 0 Å². The van der Waals surface area contributed by atoms with Crippen LogP contribution in [0.3, 0.4) is 0 Å². The normalized spacial score (nSPS) is 19.3. The number of anilines is 1. The molecule has 7 heteroatoms. The first-order valence-electron chi connectivity index (χ1n) is 6.14. The molecular weight excluding hydrogens is 236 g/mol. The number of ether oxygens (including phenoxy) is 2. The molecule has 1 fully saturated rings. The third-order valence-corrected chi connectivity index (χ3v) is 2.97. The summed E-state index contributed by atoms with van der Waals surface area (Å²) in [5.41, 5.74) is 0. The smallest absolute Gasteiger partial charge is 0.318 e. The zero-order valence-corrected chi connectivity index (χ0v) is 10.9. The second-order valence-corrected chi connectivity index (χ2v) is 4.28. The van der Waals surface area contributed by atoms with Crippen LogP contribution in [0.25, 0.3) is 0 Å². The number of methoxy groups -OCH3 is 1. The molecule has 0 aliphatic carbocycles. The summed E-state index contributed by atoms with van der Waals surface area (Å²) in [6.07, 6.45) is 1.00. The summed E-state index contributed by atoms with van der Waals surface area (Å²) in [6, 6.07) is 0.883. The molecule has 1 aromatic rings. The molecule has 1 atom stereocenters. The van der Waals surface area contributed by atoms with Crippen LogP contribution in [0.1, 0.15) is 12.3 Å². The van der Waals surface area contributed by atoms with Gasteiger partial charge in [0.1, 0.15) is 0 Å². The van der Waals surface area contributed by atoms with Gasteiger partial charge in [0.2, 0.25) is 5.89 Å². The Morgan fingerprint density at radius 2 is 2.39 bits per heavy atom. The van der Waals surface area contributed by atoms with Crippen molar-refractivity contribution in [3.63, 3.8) is 0 Å². The van der Waals surface area contributed by atoms with Crippen molar-refractivity contribution < 1.29 is 13.9 Å². The van der Waals surface area contributed by atoms with Crippen molar-refractivity contribution in [2.45, 2.75) is 19.0 Å². The fourth-order valence-electron chi connectivity index (χ4n) is 1.81. The average molecular weight is 256 g/mol. The molecule has 0 bridgehead atoms. The Kier molecular flexibility index (Phi) is 4.91. The predicted octanol–water partition coefficient (Wildman–Crippen LogP) is 0.0307. The zero-order chi connectivity index (χ0) is 12.8. The lowest BCUT2D eigenvalue weighted by molar-refractivity contribution is 0.193. The van der Waals surface area contributed by atoms with Crippen molar-refractivity contribution in [1.29, 1.82) is 0 Å². The van der Waals surface area contributed by atoms with Gasteiger partial charge in [-0.1, -0.05) is 5.10 Å². The van der Waals surface area contributed by atoms with Crippen LogP contribution < -0.4 is 10.2 Å². The lowest BCUT2D eigenvalue weighted by Gasteiger charge is -2.19. The molecule has 1 aromatic heterocycles. The maximum atomic E-state index is 5.58. The summed E-state index contributed by atoms with van der Waals surface area (Å²) in [4.78, 5) is 1.98.